The van der Waals surface area contributed by atoms with Gasteiger partial charge >= 0.3 is 6.03 Å². The first kappa shape index (κ1) is 28.7. The van der Waals surface area contributed by atoms with Crippen molar-refractivity contribution in [2.75, 3.05) is 5.43 Å². The number of hydrogen-bond acceptors (Lipinski definition) is 7. The van der Waals surface area contributed by atoms with Crippen LogP contribution in [0, 0.1) is 29.5 Å². The molecule has 0 bridgehead atoms. The van der Waals surface area contributed by atoms with Crippen LogP contribution in [0.3, 0.4) is 0 Å². The normalized spacial score (nSPS) is 28.8. The van der Waals surface area contributed by atoms with E-state index in [2.05, 4.69) is 5.43 Å². The molecule has 6 atom stereocenters. The van der Waals surface area contributed by atoms with Gasteiger partial charge in [-0.25, -0.2) is 9.18 Å². The summed E-state index contributed by atoms with van der Waals surface area (Å²) in [6, 6.07) is 17.0. The number of urea groups is 1. The number of carbonyl (C=O) groups excluding carboxylic acids is 5. The van der Waals surface area contributed by atoms with Crippen molar-refractivity contribution < 1.29 is 33.5 Å². The van der Waals surface area contributed by atoms with Crippen LogP contribution in [0.15, 0.2) is 84.4 Å². The first-order chi connectivity index (χ1) is 21.5. The highest BCUT2D eigenvalue weighted by molar-refractivity contribution is 6.30. The number of hydrazine groups is 1. The summed E-state index contributed by atoms with van der Waals surface area (Å²) in [5.41, 5.74) is 8.82. The van der Waals surface area contributed by atoms with E-state index in [1.807, 2.05) is 6.08 Å². The van der Waals surface area contributed by atoms with E-state index in [0.29, 0.717) is 32.3 Å². The molecule has 45 heavy (non-hydrogen) atoms. The van der Waals surface area contributed by atoms with Crippen LogP contribution in [0.25, 0.3) is 0 Å². The number of halogens is 2. The molecule has 2 aliphatic heterocycles. The number of nitrogens with two attached hydrogens (primary N) is 1. The van der Waals surface area contributed by atoms with Crippen molar-refractivity contribution in [1.29, 1.82) is 0 Å². The topological polar surface area (TPSA) is 150 Å². The molecular weight excluding hydrogens is 603 g/mol. The minimum Gasteiger partial charge on any atom is -0.508 e. The second-order valence-corrected chi connectivity index (χ2v) is 12.3. The fraction of sp³-hybridized carbons (Fsp3) is 0.242. The zero-order valence-electron chi connectivity index (χ0n) is 23.5. The summed E-state index contributed by atoms with van der Waals surface area (Å²) >= 11 is 6.26. The minimum atomic E-state index is -1.55. The Kier molecular flexibility index (Phi) is 6.55. The van der Waals surface area contributed by atoms with Crippen molar-refractivity contribution in [3.63, 3.8) is 0 Å². The molecule has 6 amide bonds. The molecule has 0 spiro atoms. The van der Waals surface area contributed by atoms with Crippen LogP contribution >= 0.6 is 11.6 Å². The molecule has 10 nitrogen and oxygen atoms in total. The maximum absolute atomic E-state index is 14.9. The van der Waals surface area contributed by atoms with Crippen molar-refractivity contribution in [3.8, 4) is 5.75 Å². The van der Waals surface area contributed by atoms with Gasteiger partial charge in [-0.05, 0) is 78.4 Å². The van der Waals surface area contributed by atoms with E-state index in [1.54, 1.807) is 36.4 Å². The lowest BCUT2D eigenvalue weighted by atomic mass is 9.49. The lowest BCUT2D eigenvalue weighted by molar-refractivity contribution is -0.139. The smallest absolute Gasteiger partial charge is 0.328 e. The number of phenols is 1. The van der Waals surface area contributed by atoms with Gasteiger partial charge < -0.3 is 10.8 Å². The second-order valence-electron chi connectivity index (χ2n) is 11.8. The standard InChI is InChI=1S/C33H26ClFN4O6/c34-18-5-3-17(4-6-18)33-25(29(42)39(31(33)44)37-20-9-7-19(35)8-10-20)15-24-22(27(33)16-1-11-21(40)12-2-16)13-14-23-26(24)30(43)38(28(23)41)32(36)45/h1-13,23-27,37,40H,14-15H2,(H2,36,45)/t23-,24+,25-,26-,27-,33+/m0/s1. The summed E-state index contributed by atoms with van der Waals surface area (Å²) in [4.78, 5) is 68.7. The number of benzene rings is 3. The number of nitrogens with one attached hydrogen (secondary N) is 1. The Morgan fingerprint density at radius 1 is 0.911 bits per heavy atom. The van der Waals surface area contributed by atoms with E-state index in [-0.39, 0.29) is 18.6 Å². The lowest BCUT2D eigenvalue weighted by Crippen LogP contribution is -2.53. The quantitative estimate of drug-likeness (QED) is 0.289. The van der Waals surface area contributed by atoms with Crippen LogP contribution in [0.5, 0.6) is 5.75 Å². The average molecular weight is 629 g/mol. The molecular formula is C33H26ClFN4O6. The van der Waals surface area contributed by atoms with Gasteiger partial charge in [-0.15, -0.1) is 0 Å². The van der Waals surface area contributed by atoms with Gasteiger partial charge in [-0.2, -0.15) is 9.91 Å². The van der Waals surface area contributed by atoms with Gasteiger partial charge in [0.25, 0.3) is 11.8 Å². The van der Waals surface area contributed by atoms with E-state index in [1.165, 1.54) is 36.4 Å². The van der Waals surface area contributed by atoms with Gasteiger partial charge in [0.1, 0.15) is 11.6 Å². The molecule has 1 saturated carbocycles. The van der Waals surface area contributed by atoms with Crippen molar-refractivity contribution in [2.45, 2.75) is 24.2 Å². The Labute approximate surface area is 261 Å². The molecule has 0 unspecified atom stereocenters. The minimum absolute atomic E-state index is 0.0111. The van der Waals surface area contributed by atoms with Gasteiger partial charge in [0.2, 0.25) is 11.8 Å². The molecule has 3 fully saturated rings. The largest absolute Gasteiger partial charge is 0.508 e. The van der Waals surface area contributed by atoms with E-state index < -0.39 is 70.5 Å². The number of hydrogen-bond donors (Lipinski definition) is 3. The summed E-state index contributed by atoms with van der Waals surface area (Å²) in [6.07, 6.45) is 1.98. The highest BCUT2D eigenvalue weighted by atomic mass is 35.5. The Morgan fingerprint density at radius 2 is 1.58 bits per heavy atom. The Bertz CT molecular complexity index is 1810. The van der Waals surface area contributed by atoms with Crippen LogP contribution < -0.4 is 11.2 Å². The second kappa shape index (κ2) is 10.3. The number of rotatable bonds is 4. The van der Waals surface area contributed by atoms with Gasteiger partial charge in [-0.3, -0.25) is 24.6 Å². The maximum atomic E-state index is 14.9. The third-order valence-corrected chi connectivity index (χ3v) is 9.95. The number of imide groups is 4. The Balaban J connectivity index is 1.45. The first-order valence-electron chi connectivity index (χ1n) is 14.4. The van der Waals surface area contributed by atoms with Crippen LogP contribution in [0.1, 0.15) is 29.9 Å². The van der Waals surface area contributed by atoms with Crippen LogP contribution in [0.4, 0.5) is 14.9 Å². The number of allylic oxidation sites excluding steroid dienone is 2. The van der Waals surface area contributed by atoms with Gasteiger partial charge in [0.05, 0.1) is 28.9 Å². The summed E-state index contributed by atoms with van der Waals surface area (Å²) < 4.78 is 13.7. The number of phenolic OH excluding ortho intramolecular Hbond substituents is 1. The predicted octanol–water partition coefficient (Wildman–Crippen LogP) is 4.25. The number of anilines is 1. The molecule has 7 rings (SSSR count). The highest BCUT2D eigenvalue weighted by Gasteiger charge is 2.70. The van der Waals surface area contributed by atoms with Crippen molar-refractivity contribution >= 4 is 46.9 Å². The van der Waals surface area contributed by atoms with Gasteiger partial charge in [-0.1, -0.05) is 47.5 Å². The molecule has 2 aliphatic carbocycles. The van der Waals surface area contributed by atoms with Crippen LogP contribution in [0.2, 0.25) is 5.02 Å². The van der Waals surface area contributed by atoms with Gasteiger partial charge in [0, 0.05) is 10.9 Å². The third-order valence-electron chi connectivity index (χ3n) is 9.70. The molecule has 2 saturated heterocycles. The molecule has 3 aromatic carbocycles. The fourth-order valence-corrected chi connectivity index (χ4v) is 8.04. The summed E-state index contributed by atoms with van der Waals surface area (Å²) in [5.74, 6) is -7.42. The molecule has 228 valence electrons. The zero-order chi connectivity index (χ0) is 31.8. The number of primary amides is 1. The van der Waals surface area contributed by atoms with E-state index in [4.69, 9.17) is 17.3 Å². The Hall–Kier alpha value is -5.03. The molecule has 0 aromatic heterocycles. The van der Waals surface area contributed by atoms with Crippen LogP contribution in [-0.4, -0.2) is 44.7 Å². The zero-order valence-corrected chi connectivity index (χ0v) is 24.3. The number of likely N-dealkylation sites (tertiary alicyclic amines) is 1. The monoisotopic (exact) mass is 628 g/mol. The van der Waals surface area contributed by atoms with Crippen molar-refractivity contribution in [2.24, 2.45) is 29.4 Å². The number of carbonyl (C=O) groups is 5. The third kappa shape index (κ3) is 4.10. The van der Waals surface area contributed by atoms with E-state index >= 15 is 0 Å². The first-order valence-corrected chi connectivity index (χ1v) is 14.7. The summed E-state index contributed by atoms with van der Waals surface area (Å²) in [7, 11) is 0. The SMILES string of the molecule is NC(=O)N1C(=O)[C@H]2[C@H](CC=C3[C@H]2C[C@H]2C(=O)N(Nc4ccc(F)cc4)C(=O)[C@@]2(c2ccc(Cl)cc2)[C@H]3c2ccc(O)cc2)C1=O. The fourth-order valence-electron chi connectivity index (χ4n) is 7.91. The number of nitrogens with zero attached hydrogens (tertiary/aromatic N) is 2. The molecule has 4 aliphatic rings. The van der Waals surface area contributed by atoms with Crippen LogP contribution in [-0.2, 0) is 24.6 Å². The lowest BCUT2D eigenvalue weighted by Gasteiger charge is -2.50. The molecule has 4 N–H and O–H groups in total. The number of fused-ring (bicyclic) bond motifs is 4. The Morgan fingerprint density at radius 3 is 2.22 bits per heavy atom. The van der Waals surface area contributed by atoms with Gasteiger partial charge in [0.15, 0.2) is 0 Å². The van der Waals surface area contributed by atoms with Crippen molar-refractivity contribution in [1.82, 2.24) is 9.91 Å². The molecule has 3 aromatic rings. The summed E-state index contributed by atoms with van der Waals surface area (Å²) in [6.45, 7) is 0. The summed E-state index contributed by atoms with van der Waals surface area (Å²) in [5, 5.41) is 11.5. The highest BCUT2D eigenvalue weighted by Crippen LogP contribution is 2.64. The van der Waals surface area contributed by atoms with E-state index in [9.17, 15) is 33.5 Å². The number of amides is 6. The predicted molar refractivity (Wildman–Crippen MR) is 159 cm³/mol. The van der Waals surface area contributed by atoms with Crippen molar-refractivity contribution in [3.05, 3.63) is 106 Å². The maximum Gasteiger partial charge on any atom is 0.328 e. The molecule has 12 heteroatoms. The molecule has 0 radical (unpaired) electrons. The average Bonchev–Trinajstić information content (AvgIpc) is 3.40. The van der Waals surface area contributed by atoms with E-state index in [0.717, 1.165) is 5.01 Å². The number of aromatic hydroxyl groups is 1. The molecule has 2 heterocycles.